The van der Waals surface area contributed by atoms with Crippen molar-refractivity contribution in [2.75, 3.05) is 13.2 Å². The molecular weight excluding hydrogens is 588 g/mol. The lowest BCUT2D eigenvalue weighted by Gasteiger charge is -2.18. The summed E-state index contributed by atoms with van der Waals surface area (Å²) in [6.07, 6.45) is 35.6. The van der Waals surface area contributed by atoms with Crippen LogP contribution in [0.2, 0.25) is 0 Å². The Balaban J connectivity index is 4.09. The minimum absolute atomic E-state index is 0.0651. The van der Waals surface area contributed by atoms with Gasteiger partial charge in [-0.1, -0.05) is 188 Å². The Morgan fingerprint density at radius 3 is 0.851 bits per heavy atom. The second-order valence-corrected chi connectivity index (χ2v) is 13.9. The van der Waals surface area contributed by atoms with Crippen LogP contribution in [0.25, 0.3) is 0 Å². The van der Waals surface area contributed by atoms with Crippen LogP contribution >= 0.6 is 0 Å². The van der Waals surface area contributed by atoms with Gasteiger partial charge in [0.1, 0.15) is 13.2 Å². The highest BCUT2D eigenvalue weighted by molar-refractivity contribution is 5.71. The molecule has 0 aromatic carbocycles. The first-order valence-corrected chi connectivity index (χ1v) is 20.5. The maximum absolute atomic E-state index is 12.5. The van der Waals surface area contributed by atoms with Crippen molar-refractivity contribution in [3.8, 4) is 0 Å². The Morgan fingerprint density at radius 1 is 0.340 bits per heavy atom. The molecule has 1 atom stereocenters. The fourth-order valence-corrected chi connectivity index (χ4v) is 5.97. The molecule has 0 aliphatic carbocycles. The highest BCUT2D eigenvalue weighted by atomic mass is 16.6. The smallest absolute Gasteiger partial charge is 0.306 e. The fraction of sp³-hybridized carbons (Fsp3) is 0.927. The van der Waals surface area contributed by atoms with Gasteiger partial charge in [-0.15, -0.1) is 0 Å². The molecule has 0 saturated carbocycles. The van der Waals surface area contributed by atoms with Crippen LogP contribution in [0, 0.1) is 0 Å². The molecule has 0 radical (unpaired) electrons. The number of carbonyl (C=O) groups excluding carboxylic acids is 3. The van der Waals surface area contributed by atoms with Gasteiger partial charge in [0.05, 0.1) is 0 Å². The summed E-state index contributed by atoms with van der Waals surface area (Å²) in [5.74, 6) is -0.880. The first kappa shape index (κ1) is 45.4. The largest absolute Gasteiger partial charge is 0.462 e. The monoisotopic (exact) mass is 667 g/mol. The van der Waals surface area contributed by atoms with E-state index in [0.717, 1.165) is 64.2 Å². The first-order valence-electron chi connectivity index (χ1n) is 20.5. The first-order chi connectivity index (χ1) is 23.0. The van der Waals surface area contributed by atoms with Gasteiger partial charge in [-0.25, -0.2) is 0 Å². The molecule has 6 heteroatoms. The molecule has 0 fully saturated rings. The van der Waals surface area contributed by atoms with E-state index < -0.39 is 6.10 Å². The summed E-state index contributed by atoms with van der Waals surface area (Å²) in [5.41, 5.74) is 0. The van der Waals surface area contributed by atoms with Gasteiger partial charge in [-0.2, -0.15) is 0 Å². The van der Waals surface area contributed by atoms with E-state index in [1.165, 1.54) is 122 Å². The zero-order valence-corrected chi connectivity index (χ0v) is 31.6. The highest BCUT2D eigenvalue weighted by Gasteiger charge is 2.19. The van der Waals surface area contributed by atoms with E-state index in [1.807, 2.05) is 0 Å². The van der Waals surface area contributed by atoms with E-state index in [4.69, 9.17) is 14.2 Å². The molecule has 0 unspecified atom stereocenters. The van der Waals surface area contributed by atoms with E-state index in [9.17, 15) is 14.4 Å². The SMILES string of the molecule is CCCCCCCCCCCCCCCCCCCC(=O)OC[C@H](COC(=O)CCCCCCC)OC(=O)CCCCCCCCC. The van der Waals surface area contributed by atoms with Gasteiger partial charge < -0.3 is 14.2 Å². The van der Waals surface area contributed by atoms with Crippen molar-refractivity contribution in [3.05, 3.63) is 0 Å². The van der Waals surface area contributed by atoms with Crippen molar-refractivity contribution >= 4 is 17.9 Å². The Morgan fingerprint density at radius 2 is 0.574 bits per heavy atom. The standard InChI is InChI=1S/C41H78O6/c1-4-7-10-13-15-16-17-18-19-20-21-22-23-24-26-28-31-34-40(43)46-37-38(36-45-39(42)33-30-27-12-9-6-3)47-41(44)35-32-29-25-14-11-8-5-2/h38H,4-37H2,1-3H3/t38-/m0/s1. The maximum atomic E-state index is 12.5. The molecule has 47 heavy (non-hydrogen) atoms. The third-order valence-corrected chi connectivity index (χ3v) is 9.11. The molecule has 0 saturated heterocycles. The topological polar surface area (TPSA) is 78.9 Å². The Bertz CT molecular complexity index is 693. The van der Waals surface area contributed by atoms with Crippen molar-refractivity contribution in [1.82, 2.24) is 0 Å². The van der Waals surface area contributed by atoms with Gasteiger partial charge in [0, 0.05) is 19.3 Å². The molecule has 0 aromatic rings. The third kappa shape index (κ3) is 35.5. The Labute approximate surface area is 291 Å². The number of carbonyl (C=O) groups is 3. The molecule has 0 aromatic heterocycles. The average molecular weight is 667 g/mol. The molecule has 0 aliphatic heterocycles. The van der Waals surface area contributed by atoms with Crippen molar-refractivity contribution < 1.29 is 28.6 Å². The van der Waals surface area contributed by atoms with E-state index in [-0.39, 0.29) is 31.1 Å². The lowest BCUT2D eigenvalue weighted by Crippen LogP contribution is -2.30. The molecule has 0 rings (SSSR count). The Kier molecular flexibility index (Phi) is 36.0. The van der Waals surface area contributed by atoms with Crippen molar-refractivity contribution in [3.63, 3.8) is 0 Å². The molecule has 0 N–H and O–H groups in total. The normalized spacial score (nSPS) is 11.8. The van der Waals surface area contributed by atoms with Crippen molar-refractivity contribution in [1.29, 1.82) is 0 Å². The Hall–Kier alpha value is -1.59. The lowest BCUT2D eigenvalue weighted by atomic mass is 10.0. The maximum Gasteiger partial charge on any atom is 0.306 e. The van der Waals surface area contributed by atoms with E-state index >= 15 is 0 Å². The predicted octanol–water partition coefficient (Wildman–Crippen LogP) is 12.5. The molecule has 0 aliphatic rings. The number of rotatable bonds is 37. The molecule has 0 spiro atoms. The second-order valence-electron chi connectivity index (χ2n) is 13.9. The highest BCUT2D eigenvalue weighted by Crippen LogP contribution is 2.15. The number of hydrogen-bond donors (Lipinski definition) is 0. The summed E-state index contributed by atoms with van der Waals surface area (Å²) in [5, 5.41) is 0. The quantitative estimate of drug-likeness (QED) is 0.0373. The van der Waals surface area contributed by atoms with Crippen molar-refractivity contribution in [2.24, 2.45) is 0 Å². The predicted molar refractivity (Wildman–Crippen MR) is 197 cm³/mol. The lowest BCUT2D eigenvalue weighted by molar-refractivity contribution is -0.167. The van der Waals surface area contributed by atoms with E-state index in [2.05, 4.69) is 20.8 Å². The zero-order chi connectivity index (χ0) is 34.5. The van der Waals surface area contributed by atoms with Gasteiger partial charge in [0.2, 0.25) is 0 Å². The van der Waals surface area contributed by atoms with Gasteiger partial charge >= 0.3 is 17.9 Å². The van der Waals surface area contributed by atoms with Crippen LogP contribution < -0.4 is 0 Å². The van der Waals surface area contributed by atoms with Crippen molar-refractivity contribution in [2.45, 2.75) is 232 Å². The van der Waals surface area contributed by atoms with Gasteiger partial charge in [-0.05, 0) is 19.3 Å². The number of ether oxygens (including phenoxy) is 3. The van der Waals surface area contributed by atoms with Crippen LogP contribution in [0.5, 0.6) is 0 Å². The van der Waals surface area contributed by atoms with E-state index in [0.29, 0.717) is 19.3 Å². The molecule has 0 amide bonds. The second kappa shape index (κ2) is 37.2. The van der Waals surface area contributed by atoms with Crippen LogP contribution in [0.1, 0.15) is 226 Å². The van der Waals surface area contributed by atoms with Crippen LogP contribution in [-0.4, -0.2) is 37.2 Å². The van der Waals surface area contributed by atoms with Crippen LogP contribution in [0.4, 0.5) is 0 Å². The summed E-state index contributed by atoms with van der Waals surface area (Å²) in [7, 11) is 0. The number of esters is 3. The molecule has 278 valence electrons. The van der Waals surface area contributed by atoms with E-state index in [1.54, 1.807) is 0 Å². The number of unbranched alkanes of at least 4 members (excludes halogenated alkanes) is 26. The molecule has 0 bridgehead atoms. The third-order valence-electron chi connectivity index (χ3n) is 9.11. The summed E-state index contributed by atoms with van der Waals surface area (Å²) in [6, 6.07) is 0. The van der Waals surface area contributed by atoms with Crippen LogP contribution in [0.3, 0.4) is 0 Å². The molecular formula is C41H78O6. The summed E-state index contributed by atoms with van der Waals surface area (Å²) < 4.78 is 16.5. The number of hydrogen-bond acceptors (Lipinski definition) is 6. The summed E-state index contributed by atoms with van der Waals surface area (Å²) in [6.45, 7) is 6.51. The summed E-state index contributed by atoms with van der Waals surface area (Å²) >= 11 is 0. The van der Waals surface area contributed by atoms with Gasteiger partial charge in [0.15, 0.2) is 6.10 Å². The zero-order valence-electron chi connectivity index (χ0n) is 31.6. The summed E-state index contributed by atoms with van der Waals surface area (Å²) in [4.78, 5) is 37.1. The van der Waals surface area contributed by atoms with Crippen LogP contribution in [-0.2, 0) is 28.6 Å². The van der Waals surface area contributed by atoms with Gasteiger partial charge in [0.25, 0.3) is 0 Å². The van der Waals surface area contributed by atoms with Crippen LogP contribution in [0.15, 0.2) is 0 Å². The van der Waals surface area contributed by atoms with Gasteiger partial charge in [-0.3, -0.25) is 14.4 Å². The minimum atomic E-state index is -0.754. The average Bonchev–Trinajstić information content (AvgIpc) is 3.06. The molecule has 0 heterocycles. The minimum Gasteiger partial charge on any atom is -0.462 e. The molecule has 6 nitrogen and oxygen atoms in total. The fourth-order valence-electron chi connectivity index (χ4n) is 5.97.